The fourth-order valence-corrected chi connectivity index (χ4v) is 2.76. The van der Waals surface area contributed by atoms with Crippen LogP contribution in [0.2, 0.25) is 0 Å². The van der Waals surface area contributed by atoms with Crippen molar-refractivity contribution in [2.75, 3.05) is 17.2 Å². The molecule has 0 saturated carbocycles. The Morgan fingerprint density at radius 3 is 2.52 bits per heavy atom. The van der Waals surface area contributed by atoms with Gasteiger partial charge in [0, 0.05) is 16.3 Å². The molecule has 0 spiro atoms. The highest BCUT2D eigenvalue weighted by atomic mass is 32.2. The van der Waals surface area contributed by atoms with Gasteiger partial charge in [-0.25, -0.2) is 9.59 Å². The molecule has 0 aromatic heterocycles. The van der Waals surface area contributed by atoms with E-state index in [2.05, 4.69) is 16.0 Å². The van der Waals surface area contributed by atoms with Crippen LogP contribution in [0.4, 0.5) is 16.2 Å². The van der Waals surface area contributed by atoms with Gasteiger partial charge < -0.3 is 20.7 Å². The Hall–Kier alpha value is -3.51. The summed E-state index contributed by atoms with van der Waals surface area (Å²) in [4.78, 5) is 36.7. The molecule has 0 aliphatic heterocycles. The average Bonchev–Trinajstić information content (AvgIpc) is 2.69. The lowest BCUT2D eigenvalue weighted by Crippen LogP contribution is -2.42. The highest BCUT2D eigenvalue weighted by molar-refractivity contribution is 8.03. The zero-order chi connectivity index (χ0) is 21.2. The number of thiocyanates is 1. The smallest absolute Gasteiger partial charge is 0.328 e. The van der Waals surface area contributed by atoms with Crippen molar-refractivity contribution in [2.45, 2.75) is 24.8 Å². The summed E-state index contributed by atoms with van der Waals surface area (Å²) in [7, 11) is 0. The normalized spacial score (nSPS) is 10.9. The largest absolute Gasteiger partial charge is 0.454 e. The molecule has 0 aliphatic carbocycles. The summed E-state index contributed by atoms with van der Waals surface area (Å²) in [5.74, 6) is -1.25. The first-order chi connectivity index (χ1) is 13.9. The predicted octanol–water partition coefficient (Wildman–Crippen LogP) is 3.26. The Morgan fingerprint density at radius 2 is 1.86 bits per heavy atom. The third-order valence-electron chi connectivity index (χ3n) is 3.71. The molecule has 0 heterocycles. The summed E-state index contributed by atoms with van der Waals surface area (Å²) in [6, 6.07) is 12.4. The fraction of sp³-hybridized carbons (Fsp3) is 0.200. The second-order valence-electron chi connectivity index (χ2n) is 6.01. The molecule has 2 rings (SSSR count). The Labute approximate surface area is 172 Å². The maximum absolute atomic E-state index is 12.0. The Kier molecular flexibility index (Phi) is 8.06. The summed E-state index contributed by atoms with van der Waals surface area (Å²) < 4.78 is 4.95. The van der Waals surface area contributed by atoms with Gasteiger partial charge in [-0.15, -0.1) is 0 Å². The van der Waals surface area contributed by atoms with Crippen LogP contribution >= 0.6 is 11.8 Å². The molecular formula is C20H20N4O4S. The molecule has 1 atom stereocenters. The van der Waals surface area contributed by atoms with Gasteiger partial charge >= 0.3 is 12.0 Å². The average molecular weight is 412 g/mol. The van der Waals surface area contributed by atoms with E-state index in [1.54, 1.807) is 49.4 Å². The number of amides is 3. The lowest BCUT2D eigenvalue weighted by Gasteiger charge is -2.14. The van der Waals surface area contributed by atoms with E-state index in [1.807, 2.05) is 11.5 Å². The molecule has 0 unspecified atom stereocenters. The number of aryl methyl sites for hydroxylation is 1. The summed E-state index contributed by atoms with van der Waals surface area (Å²) in [5.41, 5.74) is 1.92. The van der Waals surface area contributed by atoms with Crippen molar-refractivity contribution < 1.29 is 19.1 Å². The number of ether oxygens (including phenoxy) is 1. The van der Waals surface area contributed by atoms with Crippen LogP contribution in [0, 0.1) is 17.6 Å². The van der Waals surface area contributed by atoms with Crippen molar-refractivity contribution in [3.8, 4) is 5.40 Å². The van der Waals surface area contributed by atoms with Gasteiger partial charge in [-0.3, -0.25) is 4.79 Å². The molecule has 0 bridgehead atoms. The highest BCUT2D eigenvalue weighted by Gasteiger charge is 2.18. The topological polar surface area (TPSA) is 120 Å². The van der Waals surface area contributed by atoms with Crippen molar-refractivity contribution in [3.63, 3.8) is 0 Å². The van der Waals surface area contributed by atoms with Crippen LogP contribution in [0.15, 0.2) is 53.4 Å². The highest BCUT2D eigenvalue weighted by Crippen LogP contribution is 2.23. The number of hydrogen-bond acceptors (Lipinski definition) is 6. The minimum atomic E-state index is -0.935. The standard InChI is InChI=1S/C20H20N4O4S/c1-13-10-16(29-12-21)8-9-17(13)24-18(25)11-28-19(26)14(2)22-20(27)23-15-6-4-3-5-7-15/h3-10,14H,11H2,1-2H3,(H,24,25)(H2,22,23,27)/t14-/m0/s1. The van der Waals surface area contributed by atoms with Gasteiger partial charge in [0.25, 0.3) is 5.91 Å². The van der Waals surface area contributed by atoms with Crippen LogP contribution in [-0.4, -0.2) is 30.6 Å². The van der Waals surface area contributed by atoms with Gasteiger partial charge in [-0.05, 0) is 61.5 Å². The second kappa shape index (κ2) is 10.7. The number of para-hydroxylation sites is 1. The van der Waals surface area contributed by atoms with Crippen LogP contribution in [-0.2, 0) is 14.3 Å². The van der Waals surface area contributed by atoms with E-state index in [9.17, 15) is 14.4 Å². The zero-order valence-corrected chi connectivity index (χ0v) is 16.7. The Morgan fingerprint density at radius 1 is 1.14 bits per heavy atom. The first kappa shape index (κ1) is 21.8. The Balaban J connectivity index is 1.78. The molecular weight excluding hydrogens is 392 g/mol. The number of nitriles is 1. The first-order valence-corrected chi connectivity index (χ1v) is 9.46. The summed E-state index contributed by atoms with van der Waals surface area (Å²) in [5, 5.41) is 18.3. The molecule has 8 nitrogen and oxygen atoms in total. The third-order valence-corrected chi connectivity index (χ3v) is 4.29. The van der Waals surface area contributed by atoms with Gasteiger partial charge in [0.1, 0.15) is 11.4 Å². The summed E-state index contributed by atoms with van der Waals surface area (Å²) in [6.45, 7) is 2.76. The molecule has 2 aromatic rings. The third kappa shape index (κ3) is 7.20. The number of nitrogens with one attached hydrogen (secondary N) is 3. The van der Waals surface area contributed by atoms with Crippen molar-refractivity contribution >= 4 is 41.0 Å². The van der Waals surface area contributed by atoms with Gasteiger partial charge in [0.2, 0.25) is 0 Å². The van der Waals surface area contributed by atoms with Crippen LogP contribution < -0.4 is 16.0 Å². The van der Waals surface area contributed by atoms with E-state index in [0.717, 1.165) is 22.2 Å². The van der Waals surface area contributed by atoms with Crippen LogP contribution in [0.25, 0.3) is 0 Å². The molecule has 29 heavy (non-hydrogen) atoms. The number of carbonyl (C=O) groups excluding carboxylic acids is 3. The van der Waals surface area contributed by atoms with Gasteiger partial charge in [0.05, 0.1) is 0 Å². The monoisotopic (exact) mass is 412 g/mol. The zero-order valence-electron chi connectivity index (χ0n) is 15.9. The fourth-order valence-electron chi connectivity index (χ4n) is 2.28. The minimum Gasteiger partial charge on any atom is -0.454 e. The van der Waals surface area contributed by atoms with Crippen molar-refractivity contribution in [1.29, 1.82) is 5.26 Å². The maximum atomic E-state index is 12.0. The quantitative estimate of drug-likeness (QED) is 0.365. The molecule has 3 amide bonds. The molecule has 2 aromatic carbocycles. The van der Waals surface area contributed by atoms with E-state index >= 15 is 0 Å². The molecule has 0 radical (unpaired) electrons. The van der Waals surface area contributed by atoms with E-state index in [1.165, 1.54) is 6.92 Å². The van der Waals surface area contributed by atoms with Crippen LogP contribution in [0.5, 0.6) is 0 Å². The molecule has 3 N–H and O–H groups in total. The van der Waals surface area contributed by atoms with Crippen LogP contribution in [0.3, 0.4) is 0 Å². The molecule has 0 fully saturated rings. The number of hydrogen-bond donors (Lipinski definition) is 3. The lowest BCUT2D eigenvalue weighted by atomic mass is 10.2. The molecule has 9 heteroatoms. The molecule has 0 saturated heterocycles. The number of benzene rings is 2. The van der Waals surface area contributed by atoms with E-state index in [-0.39, 0.29) is 0 Å². The van der Waals surface area contributed by atoms with Crippen molar-refractivity contribution in [3.05, 3.63) is 54.1 Å². The van der Waals surface area contributed by atoms with E-state index in [0.29, 0.717) is 11.4 Å². The molecule has 150 valence electrons. The predicted molar refractivity (Wildman–Crippen MR) is 110 cm³/mol. The Bertz CT molecular complexity index is 928. The van der Waals surface area contributed by atoms with Crippen molar-refractivity contribution in [2.24, 2.45) is 0 Å². The number of nitrogens with zero attached hydrogens (tertiary/aromatic N) is 1. The first-order valence-electron chi connectivity index (χ1n) is 8.64. The van der Waals surface area contributed by atoms with Crippen LogP contribution in [0.1, 0.15) is 12.5 Å². The van der Waals surface area contributed by atoms with E-state index in [4.69, 9.17) is 10.00 Å². The summed E-state index contributed by atoms with van der Waals surface area (Å²) in [6.07, 6.45) is 0. The van der Waals surface area contributed by atoms with Gasteiger partial charge in [-0.2, -0.15) is 5.26 Å². The van der Waals surface area contributed by atoms with Gasteiger partial charge in [0.15, 0.2) is 6.61 Å². The number of esters is 1. The molecule has 0 aliphatic rings. The number of carbonyl (C=O) groups is 3. The number of rotatable bonds is 7. The second-order valence-corrected chi connectivity index (χ2v) is 6.87. The summed E-state index contributed by atoms with van der Waals surface area (Å²) >= 11 is 1.02. The maximum Gasteiger partial charge on any atom is 0.328 e. The SMILES string of the molecule is Cc1cc(SC#N)ccc1NC(=O)COC(=O)[C@H](C)NC(=O)Nc1ccccc1. The van der Waals surface area contributed by atoms with Crippen molar-refractivity contribution in [1.82, 2.24) is 5.32 Å². The number of urea groups is 1. The number of anilines is 2. The number of thioether (sulfide) groups is 1. The van der Waals surface area contributed by atoms with E-state index < -0.39 is 30.6 Å². The minimum absolute atomic E-state index is 0.487. The lowest BCUT2D eigenvalue weighted by molar-refractivity contribution is -0.148. The van der Waals surface area contributed by atoms with Gasteiger partial charge in [-0.1, -0.05) is 18.2 Å².